The van der Waals surface area contributed by atoms with Crippen LogP contribution in [0.2, 0.25) is 0 Å². The number of rotatable bonds is 5. The third-order valence-corrected chi connectivity index (χ3v) is 3.76. The molecular weight excluding hydrogens is 332 g/mol. The molecule has 2 aromatic rings. The number of allylic oxidation sites excluding steroid dienone is 1. The second kappa shape index (κ2) is 7.27. The monoisotopic (exact) mass is 350 g/mol. The Hall–Kier alpha value is -3.34. The van der Waals surface area contributed by atoms with Crippen LogP contribution in [0.5, 0.6) is 11.5 Å². The Balaban J connectivity index is 1.79. The summed E-state index contributed by atoms with van der Waals surface area (Å²) in [7, 11) is 1.33. The van der Waals surface area contributed by atoms with Gasteiger partial charge in [-0.05, 0) is 48.4 Å². The van der Waals surface area contributed by atoms with Crippen LogP contribution in [0.1, 0.15) is 33.2 Å². The van der Waals surface area contributed by atoms with E-state index in [4.69, 9.17) is 9.47 Å². The van der Waals surface area contributed by atoms with Gasteiger partial charge in [0, 0.05) is 6.07 Å². The fourth-order valence-electron chi connectivity index (χ4n) is 2.45. The number of hydrogen-bond acceptors (Lipinski definition) is 5. The van der Waals surface area contributed by atoms with Crippen molar-refractivity contribution in [3.63, 3.8) is 0 Å². The average Bonchev–Trinajstić information content (AvgIpc) is 2.95. The molecule has 0 saturated heterocycles. The number of methoxy groups -OCH3 is 1. The second-order valence-corrected chi connectivity index (χ2v) is 5.96. The van der Waals surface area contributed by atoms with E-state index in [1.807, 2.05) is 6.92 Å². The van der Waals surface area contributed by atoms with Crippen molar-refractivity contribution in [3.05, 3.63) is 77.1 Å². The van der Waals surface area contributed by atoms with Gasteiger partial charge in [0.05, 0.1) is 18.2 Å². The van der Waals surface area contributed by atoms with Gasteiger partial charge in [-0.1, -0.05) is 18.7 Å². The lowest BCUT2D eigenvalue weighted by molar-refractivity contribution is 0.0600. The van der Waals surface area contributed by atoms with Crippen LogP contribution in [-0.4, -0.2) is 25.5 Å². The van der Waals surface area contributed by atoms with E-state index in [0.717, 1.165) is 11.1 Å². The summed E-state index contributed by atoms with van der Waals surface area (Å²) >= 11 is 0. The molecule has 2 aromatic carbocycles. The number of ether oxygens (including phenoxy) is 3. The molecule has 5 heteroatoms. The van der Waals surface area contributed by atoms with Gasteiger partial charge >= 0.3 is 5.97 Å². The molecule has 0 N–H and O–H groups in total. The maximum atomic E-state index is 12.5. The summed E-state index contributed by atoms with van der Waals surface area (Å²) < 4.78 is 15.9. The summed E-state index contributed by atoms with van der Waals surface area (Å²) in [6.07, 6.45) is 1.64. The minimum Gasteiger partial charge on any atom is -0.489 e. The van der Waals surface area contributed by atoms with E-state index < -0.39 is 5.97 Å². The molecule has 132 valence electrons. The van der Waals surface area contributed by atoms with Crippen molar-refractivity contribution in [2.45, 2.75) is 6.92 Å². The summed E-state index contributed by atoms with van der Waals surface area (Å²) in [6.45, 7) is 6.07. The van der Waals surface area contributed by atoms with Crippen LogP contribution in [0.25, 0.3) is 6.08 Å². The van der Waals surface area contributed by atoms with Crippen LogP contribution in [0.3, 0.4) is 0 Å². The van der Waals surface area contributed by atoms with Gasteiger partial charge in [0.2, 0.25) is 5.78 Å². The molecule has 26 heavy (non-hydrogen) atoms. The topological polar surface area (TPSA) is 61.8 Å². The molecule has 0 fully saturated rings. The zero-order chi connectivity index (χ0) is 18.7. The molecule has 1 aliphatic heterocycles. The van der Waals surface area contributed by atoms with Gasteiger partial charge < -0.3 is 14.2 Å². The van der Waals surface area contributed by atoms with Crippen molar-refractivity contribution < 1.29 is 23.8 Å². The summed E-state index contributed by atoms with van der Waals surface area (Å²) in [4.78, 5) is 23.9. The Kier molecular flexibility index (Phi) is 4.89. The van der Waals surface area contributed by atoms with E-state index >= 15 is 0 Å². The fraction of sp³-hybridized carbons (Fsp3) is 0.143. The van der Waals surface area contributed by atoms with E-state index in [-0.39, 0.29) is 11.5 Å². The van der Waals surface area contributed by atoms with E-state index in [2.05, 4.69) is 11.3 Å². The Morgan fingerprint density at radius 2 is 1.92 bits per heavy atom. The Morgan fingerprint density at radius 3 is 2.58 bits per heavy atom. The van der Waals surface area contributed by atoms with Gasteiger partial charge in [-0.2, -0.15) is 0 Å². The van der Waals surface area contributed by atoms with Crippen molar-refractivity contribution in [2.24, 2.45) is 0 Å². The molecule has 0 aliphatic carbocycles. The summed E-state index contributed by atoms with van der Waals surface area (Å²) in [5, 5.41) is 0. The lowest BCUT2D eigenvalue weighted by Gasteiger charge is -2.06. The molecule has 0 spiro atoms. The number of carbonyl (C=O) groups is 2. The normalized spacial score (nSPS) is 13.9. The largest absolute Gasteiger partial charge is 0.489 e. The molecule has 0 atom stereocenters. The van der Waals surface area contributed by atoms with Gasteiger partial charge in [-0.3, -0.25) is 4.79 Å². The molecule has 0 radical (unpaired) electrons. The smallest absolute Gasteiger partial charge is 0.337 e. The van der Waals surface area contributed by atoms with E-state index in [9.17, 15) is 9.59 Å². The molecular formula is C21H18O5. The Bertz CT molecular complexity index is 906. The number of hydrogen-bond donors (Lipinski definition) is 0. The van der Waals surface area contributed by atoms with E-state index in [1.54, 1.807) is 48.5 Å². The molecule has 0 unspecified atom stereocenters. The Labute approximate surface area is 151 Å². The van der Waals surface area contributed by atoms with Crippen LogP contribution in [0.4, 0.5) is 0 Å². The number of Topliss-reactive ketones (excluding diaryl/α,β-unsaturated/α-hetero) is 1. The van der Waals surface area contributed by atoms with Crippen molar-refractivity contribution in [3.8, 4) is 11.5 Å². The highest BCUT2D eigenvalue weighted by Crippen LogP contribution is 2.35. The maximum Gasteiger partial charge on any atom is 0.337 e. The van der Waals surface area contributed by atoms with E-state index in [0.29, 0.717) is 29.2 Å². The van der Waals surface area contributed by atoms with Crippen molar-refractivity contribution in [2.75, 3.05) is 13.7 Å². The minimum absolute atomic E-state index is 0.191. The van der Waals surface area contributed by atoms with E-state index in [1.165, 1.54) is 7.11 Å². The molecule has 0 aromatic heterocycles. The Morgan fingerprint density at radius 1 is 1.19 bits per heavy atom. The van der Waals surface area contributed by atoms with Crippen molar-refractivity contribution in [1.29, 1.82) is 0 Å². The molecule has 0 saturated carbocycles. The van der Waals surface area contributed by atoms with Crippen molar-refractivity contribution in [1.82, 2.24) is 0 Å². The van der Waals surface area contributed by atoms with Crippen LogP contribution in [0, 0.1) is 0 Å². The van der Waals surface area contributed by atoms with Crippen LogP contribution in [-0.2, 0) is 4.74 Å². The highest BCUT2D eigenvalue weighted by atomic mass is 16.5. The first-order chi connectivity index (χ1) is 12.5. The average molecular weight is 350 g/mol. The third kappa shape index (κ3) is 3.67. The molecule has 5 nitrogen and oxygen atoms in total. The summed E-state index contributed by atoms with van der Waals surface area (Å²) in [6, 6.07) is 11.8. The highest BCUT2D eigenvalue weighted by Gasteiger charge is 2.27. The van der Waals surface area contributed by atoms with Gasteiger partial charge in [-0.15, -0.1) is 0 Å². The number of fused-ring (bicyclic) bond motifs is 1. The lowest BCUT2D eigenvalue weighted by Crippen LogP contribution is -2.01. The van der Waals surface area contributed by atoms with Crippen LogP contribution < -0.4 is 9.47 Å². The molecule has 0 amide bonds. The highest BCUT2D eigenvalue weighted by molar-refractivity contribution is 6.14. The first kappa shape index (κ1) is 17.5. The van der Waals surface area contributed by atoms with Crippen LogP contribution >= 0.6 is 0 Å². The molecule has 0 bridgehead atoms. The van der Waals surface area contributed by atoms with Gasteiger partial charge in [0.1, 0.15) is 18.1 Å². The predicted octanol–water partition coefficient (Wildman–Crippen LogP) is 4.04. The van der Waals surface area contributed by atoms with Crippen molar-refractivity contribution >= 4 is 17.8 Å². The predicted molar refractivity (Wildman–Crippen MR) is 97.5 cm³/mol. The second-order valence-electron chi connectivity index (χ2n) is 5.96. The first-order valence-electron chi connectivity index (χ1n) is 8.02. The molecule has 1 aliphatic rings. The number of ketones is 1. The molecule has 1 heterocycles. The summed E-state index contributed by atoms with van der Waals surface area (Å²) in [5.74, 6) is 0.702. The maximum absolute atomic E-state index is 12.5. The van der Waals surface area contributed by atoms with Gasteiger partial charge in [0.25, 0.3) is 0 Å². The lowest BCUT2D eigenvalue weighted by atomic mass is 10.1. The summed E-state index contributed by atoms with van der Waals surface area (Å²) in [5.41, 5.74) is 2.58. The number of benzene rings is 2. The quantitative estimate of drug-likeness (QED) is 0.463. The third-order valence-electron chi connectivity index (χ3n) is 3.76. The SMILES string of the molecule is C=C(C)COc1ccc2c(c1)O/C(=C\c1ccc(C(=O)OC)cc1)C2=O. The molecule has 3 rings (SSSR count). The zero-order valence-corrected chi connectivity index (χ0v) is 14.6. The van der Waals surface area contributed by atoms with Gasteiger partial charge in [-0.25, -0.2) is 4.79 Å². The zero-order valence-electron chi connectivity index (χ0n) is 14.6. The fourth-order valence-corrected chi connectivity index (χ4v) is 2.45. The standard InChI is InChI=1S/C21H18O5/c1-13(2)12-25-16-8-9-17-18(11-16)26-19(20(17)22)10-14-4-6-15(7-5-14)21(23)24-3/h4-11H,1,12H2,2-3H3/b19-10-. The van der Waals surface area contributed by atoms with Crippen LogP contribution in [0.15, 0.2) is 60.4 Å². The first-order valence-corrected chi connectivity index (χ1v) is 8.02. The number of carbonyl (C=O) groups excluding carboxylic acids is 2. The van der Waals surface area contributed by atoms with Gasteiger partial charge in [0.15, 0.2) is 5.76 Å². The number of esters is 1. The minimum atomic E-state index is -0.410.